The van der Waals surface area contributed by atoms with Crippen molar-refractivity contribution in [3.05, 3.63) is 128 Å². The zero-order valence-corrected chi connectivity index (χ0v) is 26.2. The monoisotopic (exact) mass is 610 g/mol. The first-order chi connectivity index (χ1) is 23.0. The number of pyridine rings is 1. The molecule has 8 nitrogen and oxygen atoms in total. The highest BCUT2D eigenvalue weighted by atomic mass is 15.1. The Hall–Kier alpha value is -6.28. The van der Waals surface area contributed by atoms with Gasteiger partial charge in [-0.05, 0) is 66.7 Å². The molecule has 0 aliphatic carbocycles. The topological polar surface area (TPSA) is 71.3 Å². The average molecular weight is 611 g/mol. The summed E-state index contributed by atoms with van der Waals surface area (Å²) in [7, 11) is 6.12. The molecule has 0 unspecified atom stereocenters. The molecule has 0 aliphatic heterocycles. The van der Waals surface area contributed by atoms with Crippen LogP contribution in [0.2, 0.25) is 0 Å². The Morgan fingerprint density at radius 3 is 1.94 bits per heavy atom. The molecule has 8 heteroatoms. The second-order valence-corrected chi connectivity index (χ2v) is 12.0. The SMILES string of the molecule is Cn1ccnc1-c1ccc2c(c1)nc(-c1ccc3c4cc(-c5nccn5C)ccc4n(-c4cccc(-c5ccccn5)c4)c3c1)n2C. The fourth-order valence-electron chi connectivity index (χ4n) is 6.80. The minimum atomic E-state index is 0.909. The van der Waals surface area contributed by atoms with Crippen LogP contribution in [0.25, 0.3) is 83.9 Å². The minimum Gasteiger partial charge on any atom is -0.334 e. The van der Waals surface area contributed by atoms with E-state index >= 15 is 0 Å². The molecule has 9 aromatic rings. The van der Waals surface area contributed by atoms with Crippen molar-refractivity contribution in [3.8, 4) is 51.1 Å². The molecule has 0 radical (unpaired) electrons. The van der Waals surface area contributed by atoms with E-state index in [-0.39, 0.29) is 0 Å². The Balaban J connectivity index is 1.26. The molecule has 0 saturated carbocycles. The van der Waals surface area contributed by atoms with Crippen LogP contribution in [0.4, 0.5) is 0 Å². The molecule has 0 saturated heterocycles. The molecule has 0 N–H and O–H groups in total. The Morgan fingerprint density at radius 2 is 1.21 bits per heavy atom. The van der Waals surface area contributed by atoms with Crippen LogP contribution in [0.5, 0.6) is 0 Å². The molecule has 0 atom stereocenters. The maximum atomic E-state index is 5.15. The lowest BCUT2D eigenvalue weighted by Crippen LogP contribution is -1.96. The van der Waals surface area contributed by atoms with Crippen LogP contribution < -0.4 is 0 Å². The van der Waals surface area contributed by atoms with E-state index in [2.05, 4.69) is 115 Å². The molecule has 0 aliphatic rings. The number of rotatable bonds is 5. The quantitative estimate of drug-likeness (QED) is 0.197. The zero-order chi connectivity index (χ0) is 31.6. The maximum absolute atomic E-state index is 5.15. The lowest BCUT2D eigenvalue weighted by atomic mass is 10.1. The number of fused-ring (bicyclic) bond motifs is 4. The van der Waals surface area contributed by atoms with Gasteiger partial charge in [-0.1, -0.05) is 30.3 Å². The summed E-state index contributed by atoms with van der Waals surface area (Å²) in [5, 5.41) is 2.33. The van der Waals surface area contributed by atoms with Crippen molar-refractivity contribution < 1.29 is 0 Å². The molecule has 0 fully saturated rings. The van der Waals surface area contributed by atoms with Crippen molar-refractivity contribution in [1.29, 1.82) is 0 Å². The Kier molecular flexibility index (Phi) is 5.98. The summed E-state index contributed by atoms with van der Waals surface area (Å²) in [6.07, 6.45) is 9.44. The van der Waals surface area contributed by atoms with Gasteiger partial charge >= 0.3 is 0 Å². The molecule has 4 aromatic carbocycles. The lowest BCUT2D eigenvalue weighted by molar-refractivity contribution is 0.925. The predicted octanol–water partition coefficient (Wildman–Crippen LogP) is 8.20. The number of nitrogens with zero attached hydrogens (tertiary/aromatic N) is 8. The number of aryl methyl sites for hydroxylation is 3. The second kappa shape index (κ2) is 10.4. The predicted molar refractivity (Wildman–Crippen MR) is 188 cm³/mol. The van der Waals surface area contributed by atoms with Gasteiger partial charge in [0.15, 0.2) is 0 Å². The summed E-state index contributed by atoms with van der Waals surface area (Å²) in [4.78, 5) is 18.9. The van der Waals surface area contributed by atoms with Crippen molar-refractivity contribution >= 4 is 32.8 Å². The summed E-state index contributed by atoms with van der Waals surface area (Å²) >= 11 is 0. The van der Waals surface area contributed by atoms with Crippen LogP contribution in [-0.4, -0.2) is 38.2 Å². The lowest BCUT2D eigenvalue weighted by Gasteiger charge is -2.11. The number of hydrogen-bond acceptors (Lipinski definition) is 4. The Bertz CT molecular complexity index is 2620. The summed E-state index contributed by atoms with van der Waals surface area (Å²) < 4.78 is 8.61. The number of aromatic nitrogens is 8. The zero-order valence-electron chi connectivity index (χ0n) is 26.2. The number of hydrogen-bond donors (Lipinski definition) is 0. The maximum Gasteiger partial charge on any atom is 0.140 e. The van der Waals surface area contributed by atoms with E-state index in [1.807, 2.05) is 67.8 Å². The third-order valence-electron chi connectivity index (χ3n) is 9.13. The normalized spacial score (nSPS) is 11.7. The van der Waals surface area contributed by atoms with Crippen LogP contribution >= 0.6 is 0 Å². The van der Waals surface area contributed by atoms with E-state index < -0.39 is 0 Å². The fourth-order valence-corrected chi connectivity index (χ4v) is 6.80. The highest BCUT2D eigenvalue weighted by molar-refractivity contribution is 6.11. The highest BCUT2D eigenvalue weighted by Gasteiger charge is 2.18. The molecular weight excluding hydrogens is 580 g/mol. The van der Waals surface area contributed by atoms with Crippen molar-refractivity contribution in [2.45, 2.75) is 0 Å². The van der Waals surface area contributed by atoms with E-state index in [1.165, 1.54) is 10.8 Å². The van der Waals surface area contributed by atoms with Gasteiger partial charge < -0.3 is 18.3 Å². The standard InChI is InChI=1S/C39H30N8/c1-44-19-17-41-37(44)26-11-14-34-31(22-26)30-13-10-28(24-36(30)47(34)29-8-6-7-25(21-29)32-9-4-5-16-40-32)39-43-33-23-27(12-15-35(33)46(39)3)38-42-18-20-45(38)2/h4-24H,1-3H3. The third-order valence-corrected chi connectivity index (χ3v) is 9.13. The number of benzene rings is 4. The molecule has 0 spiro atoms. The summed E-state index contributed by atoms with van der Waals surface area (Å²) in [6, 6.07) is 34.3. The van der Waals surface area contributed by atoms with Crippen molar-refractivity contribution in [2.75, 3.05) is 0 Å². The first-order valence-electron chi connectivity index (χ1n) is 15.6. The van der Waals surface area contributed by atoms with Gasteiger partial charge in [0.2, 0.25) is 0 Å². The smallest absolute Gasteiger partial charge is 0.140 e. The van der Waals surface area contributed by atoms with Crippen LogP contribution in [0.3, 0.4) is 0 Å². The van der Waals surface area contributed by atoms with Gasteiger partial charge in [-0.2, -0.15) is 0 Å². The van der Waals surface area contributed by atoms with Crippen molar-refractivity contribution in [3.63, 3.8) is 0 Å². The van der Waals surface area contributed by atoms with Gasteiger partial charge in [0.05, 0.1) is 27.8 Å². The van der Waals surface area contributed by atoms with Gasteiger partial charge in [-0.25, -0.2) is 15.0 Å². The molecule has 5 aromatic heterocycles. The van der Waals surface area contributed by atoms with Crippen LogP contribution in [0.1, 0.15) is 0 Å². The molecule has 5 heterocycles. The first-order valence-corrected chi connectivity index (χ1v) is 15.6. The Labute approximate surface area is 270 Å². The molecule has 0 amide bonds. The molecule has 226 valence electrons. The van der Waals surface area contributed by atoms with Crippen molar-refractivity contribution in [1.82, 2.24) is 38.2 Å². The second-order valence-electron chi connectivity index (χ2n) is 12.0. The minimum absolute atomic E-state index is 0.909. The van der Waals surface area contributed by atoms with Crippen LogP contribution in [-0.2, 0) is 21.1 Å². The van der Waals surface area contributed by atoms with E-state index in [1.54, 1.807) is 0 Å². The van der Waals surface area contributed by atoms with E-state index in [4.69, 9.17) is 4.98 Å². The van der Waals surface area contributed by atoms with E-state index in [0.29, 0.717) is 0 Å². The van der Waals surface area contributed by atoms with Gasteiger partial charge in [-0.3, -0.25) is 4.98 Å². The van der Waals surface area contributed by atoms with Crippen LogP contribution in [0, 0.1) is 0 Å². The third kappa shape index (κ3) is 4.29. The fraction of sp³-hybridized carbons (Fsp3) is 0.0769. The molecule has 9 rings (SSSR count). The highest BCUT2D eigenvalue weighted by Crippen LogP contribution is 2.38. The van der Waals surface area contributed by atoms with Gasteiger partial charge in [0.1, 0.15) is 17.5 Å². The average Bonchev–Trinajstić information content (AvgIpc) is 3.89. The van der Waals surface area contributed by atoms with E-state index in [0.717, 1.165) is 73.2 Å². The molecule has 0 bridgehead atoms. The van der Waals surface area contributed by atoms with Crippen molar-refractivity contribution in [2.24, 2.45) is 21.1 Å². The largest absolute Gasteiger partial charge is 0.334 e. The first kappa shape index (κ1) is 27.1. The van der Waals surface area contributed by atoms with Crippen LogP contribution in [0.15, 0.2) is 128 Å². The number of imidazole rings is 3. The van der Waals surface area contributed by atoms with Gasteiger partial charge in [0, 0.05) is 90.8 Å². The Morgan fingerprint density at radius 1 is 0.489 bits per heavy atom. The molecular formula is C39H30N8. The van der Waals surface area contributed by atoms with Gasteiger partial charge in [-0.15, -0.1) is 0 Å². The van der Waals surface area contributed by atoms with E-state index in [9.17, 15) is 0 Å². The molecule has 47 heavy (non-hydrogen) atoms. The summed E-state index contributed by atoms with van der Waals surface area (Å²) in [6.45, 7) is 0. The summed E-state index contributed by atoms with van der Waals surface area (Å²) in [5.41, 5.74) is 10.5. The van der Waals surface area contributed by atoms with Gasteiger partial charge in [0.25, 0.3) is 0 Å². The summed E-state index contributed by atoms with van der Waals surface area (Å²) in [5.74, 6) is 2.76.